The Balaban J connectivity index is 1.59. The van der Waals surface area contributed by atoms with Crippen molar-refractivity contribution in [1.82, 2.24) is 10.3 Å². The Morgan fingerprint density at radius 2 is 2.12 bits per heavy atom. The average Bonchev–Trinajstić information content (AvgIpc) is 3.02. The molecule has 0 bridgehead atoms. The monoisotopic (exact) mass is 371 g/mol. The molecule has 1 saturated heterocycles. The average molecular weight is 371 g/mol. The minimum atomic E-state index is -4.34. The molecule has 25 heavy (non-hydrogen) atoms. The van der Waals surface area contributed by atoms with Gasteiger partial charge in [0.25, 0.3) is 0 Å². The molecule has 0 aliphatic carbocycles. The van der Waals surface area contributed by atoms with Crippen molar-refractivity contribution >= 4 is 22.4 Å². The molecule has 0 unspecified atom stereocenters. The largest absolute Gasteiger partial charge is 0.416 e. The number of aromatic nitrogens is 1. The van der Waals surface area contributed by atoms with Crippen LogP contribution in [0.15, 0.2) is 30.5 Å². The molecule has 0 saturated carbocycles. The van der Waals surface area contributed by atoms with Crippen LogP contribution in [0, 0.1) is 0 Å². The van der Waals surface area contributed by atoms with Crippen molar-refractivity contribution in [1.29, 1.82) is 0 Å². The lowest BCUT2D eigenvalue weighted by atomic mass is 10.1. The van der Waals surface area contributed by atoms with Crippen molar-refractivity contribution < 1.29 is 22.7 Å². The second-order valence-electron chi connectivity index (χ2n) is 5.57. The smallest absolute Gasteiger partial charge is 0.378 e. The van der Waals surface area contributed by atoms with Crippen molar-refractivity contribution in [2.75, 3.05) is 25.1 Å². The van der Waals surface area contributed by atoms with E-state index in [0.29, 0.717) is 31.3 Å². The lowest BCUT2D eigenvalue weighted by molar-refractivity contribution is -0.137. The summed E-state index contributed by atoms with van der Waals surface area (Å²) in [6.45, 7) is 1.52. The number of carbonyl (C=O) groups excluding carboxylic acids is 1. The summed E-state index contributed by atoms with van der Waals surface area (Å²) in [5, 5.41) is 6.23. The first-order chi connectivity index (χ1) is 11.9. The minimum Gasteiger partial charge on any atom is -0.378 e. The zero-order chi connectivity index (χ0) is 17.9. The van der Waals surface area contributed by atoms with E-state index in [4.69, 9.17) is 4.74 Å². The van der Waals surface area contributed by atoms with Crippen molar-refractivity contribution in [3.8, 4) is 0 Å². The van der Waals surface area contributed by atoms with E-state index in [-0.39, 0.29) is 5.91 Å². The number of amides is 1. The maximum absolute atomic E-state index is 12.6. The molecule has 9 heteroatoms. The summed E-state index contributed by atoms with van der Waals surface area (Å²) in [4.78, 5) is 17.1. The van der Waals surface area contributed by atoms with Crippen molar-refractivity contribution in [2.45, 2.75) is 18.6 Å². The number of nitrogens with zero attached hydrogens (tertiary/aromatic N) is 1. The van der Waals surface area contributed by atoms with Gasteiger partial charge < -0.3 is 15.4 Å². The normalized spacial score (nSPS) is 18.1. The van der Waals surface area contributed by atoms with E-state index in [1.54, 1.807) is 6.20 Å². The Morgan fingerprint density at radius 3 is 2.76 bits per heavy atom. The van der Waals surface area contributed by atoms with Crippen molar-refractivity contribution in [3.05, 3.63) is 46.5 Å². The summed E-state index contributed by atoms with van der Waals surface area (Å²) >= 11 is 1.30. The highest BCUT2D eigenvalue weighted by Gasteiger charge is 2.30. The highest BCUT2D eigenvalue weighted by atomic mass is 32.1. The Bertz CT molecular complexity index is 725. The van der Waals surface area contributed by atoms with E-state index in [1.165, 1.54) is 23.5 Å². The molecule has 2 aromatic rings. The minimum absolute atomic E-state index is 0.213. The quantitative estimate of drug-likeness (QED) is 0.868. The Hall–Kier alpha value is -1.97. The summed E-state index contributed by atoms with van der Waals surface area (Å²) < 4.78 is 42.9. The van der Waals surface area contributed by atoms with Gasteiger partial charge in [-0.25, -0.2) is 4.98 Å². The third-order valence-electron chi connectivity index (χ3n) is 3.68. The number of carbonyl (C=O) groups is 1. The lowest BCUT2D eigenvalue weighted by Gasteiger charge is -2.22. The Morgan fingerprint density at radius 1 is 1.36 bits per heavy atom. The van der Waals surface area contributed by atoms with Gasteiger partial charge in [0.15, 0.2) is 5.13 Å². The third-order valence-corrected chi connectivity index (χ3v) is 4.59. The summed E-state index contributed by atoms with van der Waals surface area (Å²) in [7, 11) is 0. The lowest BCUT2D eigenvalue weighted by Crippen LogP contribution is -2.48. The van der Waals surface area contributed by atoms with Crippen LogP contribution in [0.4, 0.5) is 18.3 Å². The van der Waals surface area contributed by atoms with Gasteiger partial charge in [0.05, 0.1) is 18.8 Å². The number of thiazole rings is 1. The zero-order valence-electron chi connectivity index (χ0n) is 13.1. The molecular formula is C16H16F3N3O2S. The number of anilines is 1. The second kappa shape index (κ2) is 7.51. The molecule has 5 nitrogen and oxygen atoms in total. The van der Waals surface area contributed by atoms with Crippen molar-refractivity contribution in [3.63, 3.8) is 0 Å². The van der Waals surface area contributed by atoms with Crippen LogP contribution in [-0.4, -0.2) is 36.7 Å². The van der Waals surface area contributed by atoms with Gasteiger partial charge in [-0.2, -0.15) is 13.2 Å². The predicted molar refractivity (Wildman–Crippen MR) is 87.6 cm³/mol. The highest BCUT2D eigenvalue weighted by Crippen LogP contribution is 2.29. The fourth-order valence-corrected chi connectivity index (χ4v) is 3.24. The van der Waals surface area contributed by atoms with Gasteiger partial charge in [-0.1, -0.05) is 12.1 Å². The molecule has 0 radical (unpaired) electrons. The number of rotatable bonds is 4. The SMILES string of the molecule is O=C(Nc1ncc(Cc2ccc(C(F)(F)F)cc2)s1)[C@@H]1COCCN1. The highest BCUT2D eigenvalue weighted by molar-refractivity contribution is 7.15. The molecule has 2 heterocycles. The molecule has 1 fully saturated rings. The van der Waals surface area contributed by atoms with Crippen LogP contribution >= 0.6 is 11.3 Å². The predicted octanol–water partition coefficient (Wildman–Crippen LogP) is 2.68. The molecule has 2 N–H and O–H groups in total. The summed E-state index contributed by atoms with van der Waals surface area (Å²) in [6.07, 6.45) is -2.27. The van der Waals surface area contributed by atoms with Gasteiger partial charge in [0.2, 0.25) is 5.91 Å². The molecular weight excluding hydrogens is 355 g/mol. The molecule has 1 aliphatic heterocycles. The molecule has 1 amide bonds. The number of alkyl halides is 3. The summed E-state index contributed by atoms with van der Waals surface area (Å²) in [5.74, 6) is -0.213. The molecule has 0 spiro atoms. The van der Waals surface area contributed by atoms with Crippen LogP contribution in [0.25, 0.3) is 0 Å². The zero-order valence-corrected chi connectivity index (χ0v) is 13.9. The van der Waals surface area contributed by atoms with Crippen LogP contribution in [0.5, 0.6) is 0 Å². The van der Waals surface area contributed by atoms with Crippen LogP contribution < -0.4 is 10.6 Å². The van der Waals surface area contributed by atoms with Gasteiger partial charge in [0, 0.05) is 24.0 Å². The van der Waals surface area contributed by atoms with E-state index < -0.39 is 17.8 Å². The summed E-state index contributed by atoms with van der Waals surface area (Å²) in [6, 6.07) is 4.62. The Kier molecular flexibility index (Phi) is 5.36. The van der Waals surface area contributed by atoms with Gasteiger partial charge in [-0.05, 0) is 17.7 Å². The van der Waals surface area contributed by atoms with E-state index >= 15 is 0 Å². The number of benzene rings is 1. The van der Waals surface area contributed by atoms with Gasteiger partial charge in [0.1, 0.15) is 6.04 Å². The first kappa shape index (κ1) is 17.8. The standard InChI is InChI=1S/C16H16F3N3O2S/c17-16(18,19)11-3-1-10(2-4-11)7-12-8-21-15(25-12)22-14(23)13-9-24-6-5-20-13/h1-4,8,13,20H,5-7,9H2,(H,21,22,23)/t13-/m0/s1. The third kappa shape index (κ3) is 4.77. The van der Waals surface area contributed by atoms with Crippen LogP contribution in [0.2, 0.25) is 0 Å². The molecule has 1 aromatic heterocycles. The van der Waals surface area contributed by atoms with E-state index in [1.807, 2.05) is 0 Å². The molecule has 1 aliphatic rings. The molecule has 1 aromatic carbocycles. The molecule has 1 atom stereocenters. The van der Waals surface area contributed by atoms with Crippen LogP contribution in [-0.2, 0) is 22.1 Å². The summed E-state index contributed by atoms with van der Waals surface area (Å²) in [5.41, 5.74) is 0.0765. The first-order valence-corrected chi connectivity index (χ1v) is 8.46. The maximum atomic E-state index is 12.6. The number of morpholine rings is 1. The van der Waals surface area contributed by atoms with Crippen LogP contribution in [0.1, 0.15) is 16.0 Å². The van der Waals surface area contributed by atoms with E-state index in [9.17, 15) is 18.0 Å². The van der Waals surface area contributed by atoms with Gasteiger partial charge >= 0.3 is 6.18 Å². The van der Waals surface area contributed by atoms with Gasteiger partial charge in [-0.3, -0.25) is 4.79 Å². The number of nitrogens with one attached hydrogen (secondary N) is 2. The fraction of sp³-hybridized carbons (Fsp3) is 0.375. The Labute approximate surface area is 146 Å². The van der Waals surface area contributed by atoms with E-state index in [2.05, 4.69) is 15.6 Å². The maximum Gasteiger partial charge on any atom is 0.416 e. The van der Waals surface area contributed by atoms with Crippen molar-refractivity contribution in [2.24, 2.45) is 0 Å². The first-order valence-electron chi connectivity index (χ1n) is 7.64. The number of hydrogen-bond donors (Lipinski definition) is 2. The number of halogens is 3. The molecule has 3 rings (SSSR count). The second-order valence-corrected chi connectivity index (χ2v) is 6.69. The fourth-order valence-electron chi connectivity index (χ4n) is 2.39. The van der Waals surface area contributed by atoms with Gasteiger partial charge in [-0.15, -0.1) is 11.3 Å². The topological polar surface area (TPSA) is 63.2 Å². The number of hydrogen-bond acceptors (Lipinski definition) is 5. The molecule has 134 valence electrons. The number of ether oxygens (including phenoxy) is 1. The van der Waals surface area contributed by atoms with E-state index in [0.717, 1.165) is 22.6 Å². The van der Waals surface area contributed by atoms with Crippen LogP contribution in [0.3, 0.4) is 0 Å².